The highest BCUT2D eigenvalue weighted by Crippen LogP contribution is 2.24. The van der Waals surface area contributed by atoms with E-state index in [0.29, 0.717) is 11.6 Å². The lowest BCUT2D eigenvalue weighted by Crippen LogP contribution is -2.25. The zero-order valence-electron chi connectivity index (χ0n) is 15.0. The van der Waals surface area contributed by atoms with Gasteiger partial charge < -0.3 is 10.2 Å². The normalized spacial score (nSPS) is 15.1. The second-order valence-electron chi connectivity index (χ2n) is 6.86. The van der Waals surface area contributed by atoms with Crippen molar-refractivity contribution in [1.82, 2.24) is 9.97 Å². The predicted octanol–water partition coefficient (Wildman–Crippen LogP) is 4.23. The van der Waals surface area contributed by atoms with Gasteiger partial charge in [-0.15, -0.1) is 0 Å². The molecule has 0 bridgehead atoms. The summed E-state index contributed by atoms with van der Waals surface area (Å²) < 4.78 is 0. The monoisotopic (exact) mass is 338 g/mol. The molecule has 5 heteroatoms. The summed E-state index contributed by atoms with van der Waals surface area (Å²) in [7, 11) is 0. The van der Waals surface area contributed by atoms with Crippen LogP contribution < -0.4 is 10.2 Å². The van der Waals surface area contributed by atoms with Gasteiger partial charge in [0.15, 0.2) is 0 Å². The summed E-state index contributed by atoms with van der Waals surface area (Å²) in [5.74, 6) is 0.983. The zero-order valence-corrected chi connectivity index (χ0v) is 15.0. The van der Waals surface area contributed by atoms with Gasteiger partial charge in [0.1, 0.15) is 11.5 Å². The summed E-state index contributed by atoms with van der Waals surface area (Å²) in [6, 6.07) is 7.87. The number of aromatic nitrogens is 2. The van der Waals surface area contributed by atoms with E-state index in [1.807, 2.05) is 24.3 Å². The molecule has 2 heterocycles. The van der Waals surface area contributed by atoms with E-state index in [1.165, 1.54) is 25.7 Å². The van der Waals surface area contributed by atoms with E-state index in [-0.39, 0.29) is 5.91 Å². The summed E-state index contributed by atoms with van der Waals surface area (Å²) in [6.45, 7) is 6.26. The summed E-state index contributed by atoms with van der Waals surface area (Å²) in [5, 5.41) is 2.96. The first-order valence-electron chi connectivity index (χ1n) is 9.12. The molecule has 0 radical (unpaired) electrons. The molecule has 2 aromatic rings. The van der Waals surface area contributed by atoms with Gasteiger partial charge in [-0.3, -0.25) is 4.79 Å². The van der Waals surface area contributed by atoms with Gasteiger partial charge in [0.25, 0.3) is 5.91 Å². The fourth-order valence-corrected chi connectivity index (χ4v) is 3.20. The Morgan fingerprint density at radius 1 is 1.04 bits per heavy atom. The average Bonchev–Trinajstić information content (AvgIpc) is 2.91. The van der Waals surface area contributed by atoms with Crippen LogP contribution >= 0.6 is 0 Å². The van der Waals surface area contributed by atoms with Crippen LogP contribution in [0.25, 0.3) is 0 Å². The topological polar surface area (TPSA) is 58.1 Å². The van der Waals surface area contributed by atoms with Gasteiger partial charge in [-0.05, 0) is 30.4 Å². The minimum atomic E-state index is -0.219. The lowest BCUT2D eigenvalue weighted by Gasteiger charge is -2.20. The number of anilines is 2. The Kier molecular flexibility index (Phi) is 5.64. The highest BCUT2D eigenvalue weighted by Gasteiger charge is 2.15. The van der Waals surface area contributed by atoms with Crippen LogP contribution in [0.3, 0.4) is 0 Å². The highest BCUT2D eigenvalue weighted by atomic mass is 16.1. The zero-order chi connectivity index (χ0) is 17.6. The van der Waals surface area contributed by atoms with Gasteiger partial charge in [0.05, 0.1) is 12.4 Å². The van der Waals surface area contributed by atoms with Crippen molar-refractivity contribution in [3.8, 4) is 0 Å². The lowest BCUT2D eigenvalue weighted by molar-refractivity contribution is 0.102. The number of hydrogen-bond donors (Lipinski definition) is 1. The maximum atomic E-state index is 12.5. The minimum absolute atomic E-state index is 0.219. The maximum absolute atomic E-state index is 12.5. The molecule has 0 aliphatic carbocycles. The second-order valence-corrected chi connectivity index (χ2v) is 6.86. The predicted molar refractivity (Wildman–Crippen MR) is 101 cm³/mol. The molecular weight excluding hydrogens is 312 g/mol. The Labute approximate surface area is 149 Å². The SMILES string of the molecule is CC(C)c1ccccc1NC(=O)c1cnc(N2CCCCCC2)cn1. The summed E-state index contributed by atoms with van der Waals surface area (Å²) >= 11 is 0. The number of amides is 1. The van der Waals surface area contributed by atoms with E-state index in [4.69, 9.17) is 0 Å². The van der Waals surface area contributed by atoms with Gasteiger partial charge in [0, 0.05) is 18.8 Å². The molecule has 3 rings (SSSR count). The van der Waals surface area contributed by atoms with Crippen LogP contribution in [-0.2, 0) is 0 Å². The van der Waals surface area contributed by atoms with Crippen LogP contribution in [0.5, 0.6) is 0 Å². The fourth-order valence-electron chi connectivity index (χ4n) is 3.20. The number of carbonyl (C=O) groups excluding carboxylic acids is 1. The van der Waals surface area contributed by atoms with Gasteiger partial charge in [-0.2, -0.15) is 0 Å². The van der Waals surface area contributed by atoms with E-state index >= 15 is 0 Å². The van der Waals surface area contributed by atoms with Crippen LogP contribution in [0.4, 0.5) is 11.5 Å². The summed E-state index contributed by atoms with van der Waals surface area (Å²) in [4.78, 5) is 23.6. The quantitative estimate of drug-likeness (QED) is 0.906. The van der Waals surface area contributed by atoms with E-state index < -0.39 is 0 Å². The van der Waals surface area contributed by atoms with Crippen molar-refractivity contribution in [2.24, 2.45) is 0 Å². The maximum Gasteiger partial charge on any atom is 0.275 e. The van der Waals surface area contributed by atoms with Gasteiger partial charge in [-0.1, -0.05) is 44.9 Å². The van der Waals surface area contributed by atoms with E-state index in [1.54, 1.807) is 12.4 Å². The standard InChI is InChI=1S/C20H26N4O/c1-15(2)16-9-5-6-10-17(16)23-20(25)18-13-22-19(14-21-18)24-11-7-3-4-8-12-24/h5-6,9-10,13-15H,3-4,7-8,11-12H2,1-2H3,(H,23,25). The van der Waals surface area contributed by atoms with Gasteiger partial charge >= 0.3 is 0 Å². The smallest absolute Gasteiger partial charge is 0.275 e. The number of hydrogen-bond acceptors (Lipinski definition) is 4. The third kappa shape index (κ3) is 4.35. The number of nitrogens with zero attached hydrogens (tertiary/aromatic N) is 3. The summed E-state index contributed by atoms with van der Waals surface area (Å²) in [5.41, 5.74) is 2.29. The largest absolute Gasteiger partial charge is 0.355 e. The van der Waals surface area contributed by atoms with Crippen LogP contribution in [0.2, 0.25) is 0 Å². The Bertz CT molecular complexity index is 704. The average molecular weight is 338 g/mol. The van der Waals surface area contributed by atoms with Crippen molar-refractivity contribution in [2.45, 2.75) is 45.4 Å². The molecule has 1 fully saturated rings. The molecule has 25 heavy (non-hydrogen) atoms. The fraction of sp³-hybridized carbons (Fsp3) is 0.450. The van der Waals surface area contributed by atoms with E-state index in [0.717, 1.165) is 30.2 Å². The first-order valence-corrected chi connectivity index (χ1v) is 9.12. The Balaban J connectivity index is 1.71. The third-order valence-electron chi connectivity index (χ3n) is 4.63. The molecule has 1 saturated heterocycles. The molecule has 1 aliphatic rings. The third-order valence-corrected chi connectivity index (χ3v) is 4.63. The molecule has 1 aromatic carbocycles. The molecule has 1 aromatic heterocycles. The number of rotatable bonds is 4. The van der Waals surface area contributed by atoms with Gasteiger partial charge in [-0.25, -0.2) is 9.97 Å². The van der Waals surface area contributed by atoms with E-state index in [9.17, 15) is 4.79 Å². The number of nitrogens with one attached hydrogen (secondary N) is 1. The van der Waals surface area contributed by atoms with Crippen molar-refractivity contribution < 1.29 is 4.79 Å². The van der Waals surface area contributed by atoms with Crippen molar-refractivity contribution in [1.29, 1.82) is 0 Å². The molecular formula is C20H26N4O. The molecule has 5 nitrogen and oxygen atoms in total. The molecule has 1 aliphatic heterocycles. The first kappa shape index (κ1) is 17.4. The number of carbonyl (C=O) groups is 1. The van der Waals surface area contributed by atoms with Crippen molar-refractivity contribution in [3.05, 3.63) is 47.9 Å². The molecule has 1 amide bonds. The Morgan fingerprint density at radius 3 is 2.40 bits per heavy atom. The Morgan fingerprint density at radius 2 is 1.76 bits per heavy atom. The molecule has 0 unspecified atom stereocenters. The van der Waals surface area contributed by atoms with Crippen LogP contribution in [0, 0.1) is 0 Å². The van der Waals surface area contributed by atoms with Crippen molar-refractivity contribution in [2.75, 3.05) is 23.3 Å². The molecule has 0 spiro atoms. The number of para-hydroxylation sites is 1. The molecule has 1 N–H and O–H groups in total. The minimum Gasteiger partial charge on any atom is -0.355 e. The molecule has 0 saturated carbocycles. The van der Waals surface area contributed by atoms with Crippen molar-refractivity contribution >= 4 is 17.4 Å². The number of benzene rings is 1. The molecule has 132 valence electrons. The van der Waals surface area contributed by atoms with E-state index in [2.05, 4.69) is 34.0 Å². The lowest BCUT2D eigenvalue weighted by atomic mass is 10.0. The second kappa shape index (κ2) is 8.10. The summed E-state index contributed by atoms with van der Waals surface area (Å²) in [6.07, 6.45) is 8.23. The first-order chi connectivity index (χ1) is 12.1. The highest BCUT2D eigenvalue weighted by molar-refractivity contribution is 6.03. The van der Waals surface area contributed by atoms with Gasteiger partial charge in [0.2, 0.25) is 0 Å². The Hall–Kier alpha value is -2.43. The van der Waals surface area contributed by atoms with Crippen LogP contribution in [-0.4, -0.2) is 29.0 Å². The van der Waals surface area contributed by atoms with Crippen molar-refractivity contribution in [3.63, 3.8) is 0 Å². The van der Waals surface area contributed by atoms with Crippen LogP contribution in [0.15, 0.2) is 36.7 Å². The van der Waals surface area contributed by atoms with Crippen LogP contribution in [0.1, 0.15) is 61.5 Å². The molecule has 0 atom stereocenters.